The Bertz CT molecular complexity index is 614. The molecule has 23 heavy (non-hydrogen) atoms. The fourth-order valence-electron chi connectivity index (χ4n) is 2.09. The molecule has 2 rings (SSSR count). The van der Waals surface area contributed by atoms with E-state index in [1.165, 1.54) is 11.3 Å². The first-order valence-corrected chi connectivity index (χ1v) is 8.43. The number of benzene rings is 1. The van der Waals surface area contributed by atoms with Crippen molar-refractivity contribution in [1.29, 1.82) is 0 Å². The van der Waals surface area contributed by atoms with Crippen LogP contribution in [-0.2, 0) is 11.2 Å². The third-order valence-electron chi connectivity index (χ3n) is 3.32. The van der Waals surface area contributed by atoms with E-state index >= 15 is 0 Å². The van der Waals surface area contributed by atoms with Gasteiger partial charge in [0, 0.05) is 13.1 Å². The molecule has 6 heteroatoms. The van der Waals surface area contributed by atoms with E-state index < -0.39 is 6.04 Å². The molecule has 1 aromatic heterocycles. The number of amides is 2. The van der Waals surface area contributed by atoms with E-state index in [4.69, 9.17) is 5.73 Å². The molecule has 5 nitrogen and oxygen atoms in total. The first kappa shape index (κ1) is 17.2. The Hall–Kier alpha value is -2.18. The summed E-state index contributed by atoms with van der Waals surface area (Å²) in [5.41, 5.74) is 6.94. The van der Waals surface area contributed by atoms with Gasteiger partial charge in [-0.2, -0.15) is 0 Å². The van der Waals surface area contributed by atoms with Gasteiger partial charge in [-0.1, -0.05) is 36.4 Å². The molecule has 1 aromatic carbocycles. The number of hydrogen-bond donors (Lipinski definition) is 3. The van der Waals surface area contributed by atoms with Crippen molar-refractivity contribution in [1.82, 2.24) is 10.6 Å². The highest BCUT2D eigenvalue weighted by Crippen LogP contribution is 2.07. The summed E-state index contributed by atoms with van der Waals surface area (Å²) in [6, 6.07) is 12.8. The van der Waals surface area contributed by atoms with Gasteiger partial charge in [0.2, 0.25) is 5.91 Å². The molecule has 0 saturated carbocycles. The lowest BCUT2D eigenvalue weighted by molar-refractivity contribution is -0.122. The van der Waals surface area contributed by atoms with Crippen LogP contribution in [0.15, 0.2) is 47.8 Å². The average molecular weight is 331 g/mol. The highest BCUT2D eigenvalue weighted by atomic mass is 32.1. The van der Waals surface area contributed by atoms with Gasteiger partial charge >= 0.3 is 0 Å². The number of thiophene rings is 1. The summed E-state index contributed by atoms with van der Waals surface area (Å²) in [4.78, 5) is 24.3. The molecule has 0 saturated heterocycles. The minimum Gasteiger partial charge on any atom is -0.355 e. The Labute approximate surface area is 139 Å². The third kappa shape index (κ3) is 5.84. The fourth-order valence-corrected chi connectivity index (χ4v) is 2.73. The summed E-state index contributed by atoms with van der Waals surface area (Å²) in [6.45, 7) is 1.01. The van der Waals surface area contributed by atoms with Crippen molar-refractivity contribution in [2.24, 2.45) is 5.73 Å². The molecule has 0 aliphatic rings. The second kappa shape index (κ2) is 9.07. The lowest BCUT2D eigenvalue weighted by Crippen LogP contribution is -2.42. The van der Waals surface area contributed by atoms with Gasteiger partial charge in [-0.15, -0.1) is 11.3 Å². The number of carbonyl (C=O) groups excluding carboxylic acids is 2. The predicted octanol–water partition coefficient (Wildman–Crippen LogP) is 1.55. The van der Waals surface area contributed by atoms with E-state index in [0.717, 1.165) is 5.56 Å². The molecule has 0 unspecified atom stereocenters. The molecule has 4 N–H and O–H groups in total. The van der Waals surface area contributed by atoms with Gasteiger partial charge in [-0.25, -0.2) is 0 Å². The third-order valence-corrected chi connectivity index (χ3v) is 4.19. The molecule has 0 bridgehead atoms. The zero-order valence-corrected chi connectivity index (χ0v) is 13.6. The minimum absolute atomic E-state index is 0.0768. The smallest absolute Gasteiger partial charge is 0.261 e. The van der Waals surface area contributed by atoms with Gasteiger partial charge in [-0.3, -0.25) is 9.59 Å². The molecular formula is C17H21N3O2S. The molecule has 0 radical (unpaired) electrons. The summed E-state index contributed by atoms with van der Waals surface area (Å²) in [5.74, 6) is -0.245. The number of nitrogens with two attached hydrogens (primary N) is 1. The van der Waals surface area contributed by atoms with Crippen molar-refractivity contribution >= 4 is 23.2 Å². The van der Waals surface area contributed by atoms with Crippen molar-refractivity contribution in [2.75, 3.05) is 13.1 Å². The van der Waals surface area contributed by atoms with Crippen LogP contribution >= 0.6 is 11.3 Å². The van der Waals surface area contributed by atoms with Crippen molar-refractivity contribution < 1.29 is 9.59 Å². The van der Waals surface area contributed by atoms with Gasteiger partial charge < -0.3 is 16.4 Å². The molecular weight excluding hydrogens is 310 g/mol. The zero-order chi connectivity index (χ0) is 16.5. The van der Waals surface area contributed by atoms with E-state index in [9.17, 15) is 9.59 Å². The van der Waals surface area contributed by atoms with Crippen LogP contribution in [0.2, 0.25) is 0 Å². The van der Waals surface area contributed by atoms with Gasteiger partial charge in [0.25, 0.3) is 5.91 Å². The molecule has 0 spiro atoms. The quantitative estimate of drug-likeness (QED) is 0.642. The Morgan fingerprint density at radius 1 is 1.04 bits per heavy atom. The predicted molar refractivity (Wildman–Crippen MR) is 92.4 cm³/mol. The van der Waals surface area contributed by atoms with E-state index in [1.807, 2.05) is 41.8 Å². The molecule has 1 heterocycles. The molecule has 2 amide bonds. The van der Waals surface area contributed by atoms with Crippen molar-refractivity contribution in [2.45, 2.75) is 18.9 Å². The summed E-state index contributed by atoms with van der Waals surface area (Å²) in [6.07, 6.45) is 1.18. The molecule has 122 valence electrons. The summed E-state index contributed by atoms with van der Waals surface area (Å²) in [5, 5.41) is 7.48. The first-order chi connectivity index (χ1) is 11.2. The van der Waals surface area contributed by atoms with Gasteiger partial charge in [-0.05, 0) is 29.9 Å². The lowest BCUT2D eigenvalue weighted by Gasteiger charge is -2.12. The maximum atomic E-state index is 11.9. The molecule has 0 aliphatic heterocycles. The normalized spacial score (nSPS) is 11.7. The van der Waals surface area contributed by atoms with Gasteiger partial charge in [0.05, 0.1) is 10.9 Å². The molecule has 0 aliphatic carbocycles. The molecule has 1 atom stereocenters. The molecule has 2 aromatic rings. The SMILES string of the molecule is N[C@@H](Cc1ccccc1)C(=O)NCCCNC(=O)c1cccs1. The highest BCUT2D eigenvalue weighted by Gasteiger charge is 2.13. The van der Waals surface area contributed by atoms with Crippen LogP contribution in [0, 0.1) is 0 Å². The second-order valence-electron chi connectivity index (χ2n) is 5.17. The Balaban J connectivity index is 1.60. The van der Waals surface area contributed by atoms with Crippen LogP contribution in [0.25, 0.3) is 0 Å². The van der Waals surface area contributed by atoms with Gasteiger partial charge in [0.15, 0.2) is 0 Å². The van der Waals surface area contributed by atoms with Crippen LogP contribution in [0.1, 0.15) is 21.7 Å². The lowest BCUT2D eigenvalue weighted by atomic mass is 10.1. The zero-order valence-electron chi connectivity index (χ0n) is 12.8. The van der Waals surface area contributed by atoms with Crippen LogP contribution in [0.3, 0.4) is 0 Å². The summed E-state index contributed by atoms with van der Waals surface area (Å²) >= 11 is 1.41. The van der Waals surface area contributed by atoms with E-state index in [1.54, 1.807) is 6.07 Å². The van der Waals surface area contributed by atoms with E-state index in [-0.39, 0.29) is 11.8 Å². The minimum atomic E-state index is -0.557. The van der Waals surface area contributed by atoms with E-state index in [2.05, 4.69) is 10.6 Å². The second-order valence-corrected chi connectivity index (χ2v) is 6.12. The first-order valence-electron chi connectivity index (χ1n) is 7.56. The maximum Gasteiger partial charge on any atom is 0.261 e. The number of nitrogens with one attached hydrogen (secondary N) is 2. The Kier molecular flexibility index (Phi) is 6.77. The average Bonchev–Trinajstić information content (AvgIpc) is 3.09. The fraction of sp³-hybridized carbons (Fsp3) is 0.294. The van der Waals surface area contributed by atoms with E-state index in [0.29, 0.717) is 30.8 Å². The number of hydrogen-bond acceptors (Lipinski definition) is 4. The summed E-state index contributed by atoms with van der Waals surface area (Å²) < 4.78 is 0. The topological polar surface area (TPSA) is 84.2 Å². The number of carbonyl (C=O) groups is 2. The van der Waals surface area contributed by atoms with Crippen molar-refractivity contribution in [3.05, 3.63) is 58.3 Å². The highest BCUT2D eigenvalue weighted by molar-refractivity contribution is 7.12. The molecule has 0 fully saturated rings. The van der Waals surface area contributed by atoms with Crippen LogP contribution < -0.4 is 16.4 Å². The monoisotopic (exact) mass is 331 g/mol. The van der Waals surface area contributed by atoms with Crippen LogP contribution in [0.4, 0.5) is 0 Å². The van der Waals surface area contributed by atoms with Crippen molar-refractivity contribution in [3.63, 3.8) is 0 Å². The van der Waals surface area contributed by atoms with Crippen LogP contribution in [-0.4, -0.2) is 30.9 Å². The largest absolute Gasteiger partial charge is 0.355 e. The Morgan fingerprint density at radius 3 is 2.48 bits per heavy atom. The van der Waals surface area contributed by atoms with Crippen molar-refractivity contribution in [3.8, 4) is 0 Å². The summed E-state index contributed by atoms with van der Waals surface area (Å²) in [7, 11) is 0. The number of rotatable bonds is 8. The van der Waals surface area contributed by atoms with Crippen LogP contribution in [0.5, 0.6) is 0 Å². The standard InChI is InChI=1S/C17H21N3O2S/c18-14(12-13-6-2-1-3-7-13)16(21)19-9-5-10-20-17(22)15-8-4-11-23-15/h1-4,6-8,11,14H,5,9-10,12,18H2,(H,19,21)(H,20,22)/t14-/m0/s1. The Morgan fingerprint density at radius 2 is 1.78 bits per heavy atom. The van der Waals surface area contributed by atoms with Gasteiger partial charge in [0.1, 0.15) is 0 Å². The maximum absolute atomic E-state index is 11.9.